The molecule has 0 aliphatic carbocycles. The molecule has 0 saturated carbocycles. The number of hydrogen-bond donors (Lipinski definition) is 4. The van der Waals surface area contributed by atoms with E-state index < -0.39 is 31.3 Å². The maximum atomic E-state index is 12.6. The number of unbranched alkanes of at least 4 members (excludes halogenated alkanes) is 1. The fourth-order valence-electron chi connectivity index (χ4n) is 4.02. The number of allylic oxidation sites excluding steroid dienone is 12. The maximum absolute atomic E-state index is 12.6. The molecule has 0 fully saturated rings. The van der Waals surface area contributed by atoms with Gasteiger partial charge in [0.25, 0.3) is 5.91 Å². The Morgan fingerprint density at radius 3 is 1.91 bits per heavy atom. The smallest absolute Gasteiger partial charge is 0.329 e. The van der Waals surface area contributed by atoms with Gasteiger partial charge >= 0.3 is 5.97 Å². The predicted molar refractivity (Wildman–Crippen MR) is 184 cm³/mol. The van der Waals surface area contributed by atoms with Crippen LogP contribution in [0.1, 0.15) is 87.9 Å². The lowest BCUT2D eigenvalue weighted by Gasteiger charge is -2.20. The third kappa shape index (κ3) is 21.6. The Kier molecular flexibility index (Phi) is 24.7. The Bertz CT molecular complexity index is 1140. The summed E-state index contributed by atoms with van der Waals surface area (Å²) in [7, 11) is 0. The van der Waals surface area contributed by atoms with Crippen LogP contribution in [0.3, 0.4) is 0 Å². The minimum Gasteiger partial charge on any atom is -0.456 e. The summed E-state index contributed by atoms with van der Waals surface area (Å²) in [5, 5.41) is 24.0. The van der Waals surface area contributed by atoms with Crippen LogP contribution in [-0.2, 0) is 14.3 Å². The highest BCUT2D eigenvalue weighted by molar-refractivity contribution is 5.93. The second-order valence-electron chi connectivity index (χ2n) is 10.5. The summed E-state index contributed by atoms with van der Waals surface area (Å²) in [6.07, 6.45) is 35.2. The van der Waals surface area contributed by atoms with Gasteiger partial charge in [-0.3, -0.25) is 14.6 Å². The van der Waals surface area contributed by atoms with Gasteiger partial charge in [-0.1, -0.05) is 79.8 Å². The molecule has 2 amide bonds. The third-order valence-electron chi connectivity index (χ3n) is 6.57. The van der Waals surface area contributed by atoms with Gasteiger partial charge in [0, 0.05) is 25.4 Å². The zero-order chi connectivity index (χ0) is 33.5. The number of esters is 1. The molecule has 0 spiro atoms. The number of aliphatic hydroxyl groups excluding tert-OH is 2. The lowest BCUT2D eigenvalue weighted by molar-refractivity contribution is -0.157. The van der Waals surface area contributed by atoms with Crippen molar-refractivity contribution in [2.75, 3.05) is 19.8 Å². The molecule has 252 valence electrons. The molecule has 1 aromatic rings. The fourth-order valence-corrected chi connectivity index (χ4v) is 4.02. The molecule has 0 radical (unpaired) electrons. The van der Waals surface area contributed by atoms with Gasteiger partial charge in [-0.25, -0.2) is 4.79 Å². The number of pyridine rings is 1. The summed E-state index contributed by atoms with van der Waals surface area (Å²) in [5.74, 6) is -1.24. The Morgan fingerprint density at radius 2 is 1.39 bits per heavy atom. The molecule has 4 N–H and O–H groups in total. The van der Waals surface area contributed by atoms with Crippen LogP contribution in [0.4, 0.5) is 0 Å². The molecule has 1 unspecified atom stereocenters. The molecule has 0 aliphatic heterocycles. The topological polar surface area (TPSA) is 138 Å². The molecule has 0 bridgehead atoms. The standard InChI is InChI=1S/C37H53N3O6/c1-2-3-4-5-6-7-8-9-10-11-12-13-14-15-16-17-18-19-20-26-35(43)40-34(37(45)46-33(30-41)31-42)25-21-22-28-39-36(44)32-24-23-27-38-29-32/h3-4,6-7,9-10,12-13,15-16,18-19,23-24,27,29,33-34,41-42H,2,5,8,11,14,17,20-22,25-26,28,30-31H2,1H3,(H,39,44)(H,40,43)/b4-3-,7-6-,10-9-,13-12-,16-15-,19-18-. The van der Waals surface area contributed by atoms with E-state index in [1.54, 1.807) is 18.3 Å². The van der Waals surface area contributed by atoms with Crippen molar-refractivity contribution in [2.45, 2.75) is 89.7 Å². The number of amides is 2. The highest BCUT2D eigenvalue weighted by Crippen LogP contribution is 2.07. The van der Waals surface area contributed by atoms with E-state index >= 15 is 0 Å². The molecule has 1 heterocycles. The molecule has 46 heavy (non-hydrogen) atoms. The fraction of sp³-hybridized carbons (Fsp3) is 0.459. The Hall–Kier alpha value is -4.08. The summed E-state index contributed by atoms with van der Waals surface area (Å²) < 4.78 is 5.15. The average Bonchev–Trinajstić information content (AvgIpc) is 3.07. The number of aliphatic hydroxyl groups is 2. The number of carbonyl (C=O) groups is 3. The summed E-state index contributed by atoms with van der Waals surface area (Å²) in [5.41, 5.74) is 0.460. The van der Waals surface area contributed by atoms with Crippen molar-refractivity contribution in [3.63, 3.8) is 0 Å². The number of ether oxygens (including phenoxy) is 1. The van der Waals surface area contributed by atoms with Crippen LogP contribution in [0.25, 0.3) is 0 Å². The van der Waals surface area contributed by atoms with Crippen molar-refractivity contribution >= 4 is 17.8 Å². The van der Waals surface area contributed by atoms with Crippen molar-refractivity contribution in [3.05, 3.63) is 103 Å². The van der Waals surface area contributed by atoms with E-state index in [0.29, 0.717) is 31.4 Å². The van der Waals surface area contributed by atoms with E-state index in [2.05, 4.69) is 83.3 Å². The first-order chi connectivity index (χ1) is 22.5. The quantitative estimate of drug-likeness (QED) is 0.0602. The lowest BCUT2D eigenvalue weighted by atomic mass is 10.1. The molecule has 0 saturated heterocycles. The van der Waals surface area contributed by atoms with Crippen molar-refractivity contribution in [1.29, 1.82) is 0 Å². The number of hydrogen-bond acceptors (Lipinski definition) is 7. The molecule has 1 atom stereocenters. The number of nitrogens with zero attached hydrogens (tertiary/aromatic N) is 1. The van der Waals surface area contributed by atoms with Crippen LogP contribution in [0.15, 0.2) is 97.4 Å². The maximum Gasteiger partial charge on any atom is 0.329 e. The predicted octanol–water partition coefficient (Wildman–Crippen LogP) is 5.84. The molecule has 0 aliphatic rings. The molecule has 0 aromatic carbocycles. The molecule has 9 heteroatoms. The first-order valence-electron chi connectivity index (χ1n) is 16.3. The Balaban J connectivity index is 2.32. The Labute approximate surface area is 274 Å². The van der Waals surface area contributed by atoms with E-state index in [0.717, 1.165) is 38.5 Å². The highest BCUT2D eigenvalue weighted by Gasteiger charge is 2.24. The normalized spacial score (nSPS) is 12.9. The van der Waals surface area contributed by atoms with Gasteiger partial charge in [-0.05, 0) is 76.3 Å². The molecular weight excluding hydrogens is 582 g/mol. The number of rotatable bonds is 25. The second kappa shape index (κ2) is 28.4. The number of aromatic nitrogens is 1. The average molecular weight is 636 g/mol. The largest absolute Gasteiger partial charge is 0.456 e. The minimum absolute atomic E-state index is 0.205. The molecular formula is C37H53N3O6. The monoisotopic (exact) mass is 635 g/mol. The van der Waals surface area contributed by atoms with Gasteiger partial charge < -0.3 is 25.6 Å². The Morgan fingerprint density at radius 1 is 0.826 bits per heavy atom. The molecule has 9 nitrogen and oxygen atoms in total. The van der Waals surface area contributed by atoms with E-state index in [1.165, 1.54) is 6.20 Å². The summed E-state index contributed by atoms with van der Waals surface area (Å²) in [6, 6.07) is 2.43. The first-order valence-corrected chi connectivity index (χ1v) is 16.3. The van der Waals surface area contributed by atoms with Crippen molar-refractivity contribution in [1.82, 2.24) is 15.6 Å². The van der Waals surface area contributed by atoms with Crippen LogP contribution in [0.2, 0.25) is 0 Å². The van der Waals surface area contributed by atoms with Gasteiger partial charge in [0.05, 0.1) is 18.8 Å². The van der Waals surface area contributed by atoms with E-state index in [1.807, 2.05) is 12.2 Å². The number of carbonyl (C=O) groups excluding carboxylic acids is 3. The van der Waals surface area contributed by atoms with Gasteiger partial charge in [-0.2, -0.15) is 0 Å². The van der Waals surface area contributed by atoms with Crippen LogP contribution in [-0.4, -0.2) is 64.9 Å². The van der Waals surface area contributed by atoms with Crippen LogP contribution < -0.4 is 10.6 Å². The van der Waals surface area contributed by atoms with E-state index in [-0.39, 0.29) is 24.7 Å². The second-order valence-corrected chi connectivity index (χ2v) is 10.5. The molecule has 1 rings (SSSR count). The minimum atomic E-state index is -1.05. The van der Waals surface area contributed by atoms with E-state index in [4.69, 9.17) is 4.74 Å². The number of nitrogens with one attached hydrogen (secondary N) is 2. The van der Waals surface area contributed by atoms with Crippen molar-refractivity contribution in [2.24, 2.45) is 0 Å². The third-order valence-corrected chi connectivity index (χ3v) is 6.57. The van der Waals surface area contributed by atoms with Crippen LogP contribution in [0, 0.1) is 0 Å². The summed E-state index contributed by atoms with van der Waals surface area (Å²) in [4.78, 5) is 41.3. The first kappa shape index (κ1) is 39.9. The van der Waals surface area contributed by atoms with Crippen LogP contribution >= 0.6 is 0 Å². The molecule has 1 aromatic heterocycles. The van der Waals surface area contributed by atoms with Crippen molar-refractivity contribution < 1.29 is 29.3 Å². The highest BCUT2D eigenvalue weighted by atomic mass is 16.6. The SMILES string of the molecule is CC/C=C\C/C=C\C/C=C\C/C=C\C/C=C\C/C=C\CCC(=O)NC(CCCCNC(=O)c1cccnc1)C(=O)OC(CO)CO. The van der Waals surface area contributed by atoms with Crippen LogP contribution in [0.5, 0.6) is 0 Å². The van der Waals surface area contributed by atoms with Gasteiger partial charge in [0.2, 0.25) is 5.91 Å². The zero-order valence-corrected chi connectivity index (χ0v) is 27.3. The zero-order valence-electron chi connectivity index (χ0n) is 27.3. The van der Waals surface area contributed by atoms with Crippen molar-refractivity contribution in [3.8, 4) is 0 Å². The van der Waals surface area contributed by atoms with Gasteiger partial charge in [-0.15, -0.1) is 0 Å². The van der Waals surface area contributed by atoms with E-state index in [9.17, 15) is 24.6 Å². The van der Waals surface area contributed by atoms with Gasteiger partial charge in [0.15, 0.2) is 0 Å². The lowest BCUT2D eigenvalue weighted by Crippen LogP contribution is -2.44. The summed E-state index contributed by atoms with van der Waals surface area (Å²) >= 11 is 0. The van der Waals surface area contributed by atoms with Gasteiger partial charge in [0.1, 0.15) is 12.1 Å². The summed E-state index contributed by atoms with van der Waals surface area (Å²) in [6.45, 7) is 1.48.